The van der Waals surface area contributed by atoms with E-state index in [1.807, 2.05) is 6.92 Å². The molecule has 2 aliphatic rings. The van der Waals surface area contributed by atoms with Crippen molar-refractivity contribution in [3.8, 4) is 0 Å². The van der Waals surface area contributed by atoms with Crippen molar-refractivity contribution in [3.63, 3.8) is 0 Å². The molecule has 0 aromatic heterocycles. The van der Waals surface area contributed by atoms with E-state index in [2.05, 4.69) is 4.72 Å². The second-order valence-electron chi connectivity index (χ2n) is 5.61. The van der Waals surface area contributed by atoms with Crippen molar-refractivity contribution in [2.24, 2.45) is 5.92 Å². The molecule has 2 fully saturated rings. The van der Waals surface area contributed by atoms with E-state index in [1.54, 1.807) is 0 Å². The first-order chi connectivity index (χ1) is 8.90. The van der Waals surface area contributed by atoms with Gasteiger partial charge in [-0.1, -0.05) is 0 Å². The lowest BCUT2D eigenvalue weighted by atomic mass is 9.87. The molecule has 0 radical (unpaired) electrons. The second-order valence-corrected chi connectivity index (χ2v) is 7.27. The zero-order valence-corrected chi connectivity index (χ0v) is 12.0. The zero-order chi connectivity index (χ0) is 14.0. The predicted molar refractivity (Wildman–Crippen MR) is 70.8 cm³/mol. The molecule has 1 aliphatic carbocycles. The van der Waals surface area contributed by atoms with Crippen LogP contribution < -0.4 is 4.72 Å². The van der Waals surface area contributed by atoms with Crippen LogP contribution in [0.5, 0.6) is 0 Å². The Morgan fingerprint density at radius 2 is 1.84 bits per heavy atom. The summed E-state index contributed by atoms with van der Waals surface area (Å²) in [5.74, 6) is -1.08. The van der Waals surface area contributed by atoms with Crippen LogP contribution in [-0.4, -0.2) is 42.4 Å². The van der Waals surface area contributed by atoms with Crippen molar-refractivity contribution in [3.05, 3.63) is 0 Å². The van der Waals surface area contributed by atoms with E-state index in [4.69, 9.17) is 5.11 Å². The first kappa shape index (κ1) is 14.7. The van der Waals surface area contributed by atoms with Gasteiger partial charge in [-0.2, -0.15) is 17.4 Å². The molecule has 2 N–H and O–H groups in total. The Kier molecular flexibility index (Phi) is 4.47. The zero-order valence-electron chi connectivity index (χ0n) is 11.2. The van der Waals surface area contributed by atoms with Crippen LogP contribution in [0.1, 0.15) is 45.4 Å². The first-order valence-corrected chi connectivity index (χ1v) is 8.36. The molecule has 2 rings (SSSR count). The summed E-state index contributed by atoms with van der Waals surface area (Å²) in [4.78, 5) is 10.9. The van der Waals surface area contributed by atoms with Crippen molar-refractivity contribution in [1.82, 2.24) is 9.03 Å². The molecule has 1 unspecified atom stereocenters. The molecule has 7 heteroatoms. The smallest absolute Gasteiger partial charge is 0.306 e. The lowest BCUT2D eigenvalue weighted by Gasteiger charge is -2.29. The van der Waals surface area contributed by atoms with E-state index in [0.717, 1.165) is 12.8 Å². The van der Waals surface area contributed by atoms with Gasteiger partial charge in [0.2, 0.25) is 0 Å². The van der Waals surface area contributed by atoms with Crippen LogP contribution in [0.15, 0.2) is 0 Å². The quantitative estimate of drug-likeness (QED) is 0.807. The fourth-order valence-corrected chi connectivity index (χ4v) is 4.74. The minimum atomic E-state index is -3.41. The summed E-state index contributed by atoms with van der Waals surface area (Å²) in [5.41, 5.74) is 0. The van der Waals surface area contributed by atoms with Crippen LogP contribution in [0.4, 0.5) is 0 Å². The molecule has 1 aliphatic heterocycles. The summed E-state index contributed by atoms with van der Waals surface area (Å²) in [7, 11) is -3.41. The average Bonchev–Trinajstić information content (AvgIpc) is 2.76. The minimum Gasteiger partial charge on any atom is -0.481 e. The fraction of sp³-hybridized carbons (Fsp3) is 0.917. The maximum atomic E-state index is 12.2. The Labute approximate surface area is 114 Å². The third-order valence-electron chi connectivity index (χ3n) is 4.19. The van der Waals surface area contributed by atoms with Crippen LogP contribution in [0.3, 0.4) is 0 Å². The van der Waals surface area contributed by atoms with Gasteiger partial charge in [0.05, 0.1) is 5.92 Å². The molecule has 1 saturated carbocycles. The topological polar surface area (TPSA) is 86.7 Å². The molecule has 0 bridgehead atoms. The predicted octanol–water partition coefficient (Wildman–Crippen LogP) is 0.949. The summed E-state index contributed by atoms with van der Waals surface area (Å²) in [5, 5.41) is 8.92. The Balaban J connectivity index is 1.90. The Bertz CT molecular complexity index is 429. The highest BCUT2D eigenvalue weighted by atomic mass is 32.2. The highest BCUT2D eigenvalue weighted by Crippen LogP contribution is 2.26. The maximum absolute atomic E-state index is 12.2. The molecule has 1 heterocycles. The SMILES string of the molecule is CC1CCCN1S(=O)(=O)NC1CCC(C(=O)O)CC1. The molecular weight excluding hydrogens is 268 g/mol. The number of carbonyl (C=O) groups is 1. The Hall–Kier alpha value is -0.660. The number of hydrogen-bond donors (Lipinski definition) is 2. The molecule has 110 valence electrons. The standard InChI is InChI=1S/C12H22N2O4S/c1-9-3-2-8-14(9)19(17,18)13-11-6-4-10(5-7-11)12(15)16/h9-11,13H,2-8H2,1H3,(H,15,16). The number of nitrogens with zero attached hydrogens (tertiary/aromatic N) is 1. The monoisotopic (exact) mass is 290 g/mol. The van der Waals surface area contributed by atoms with E-state index >= 15 is 0 Å². The number of nitrogens with one attached hydrogen (secondary N) is 1. The second kappa shape index (κ2) is 5.76. The molecule has 0 spiro atoms. The highest BCUT2D eigenvalue weighted by Gasteiger charge is 2.34. The third-order valence-corrected chi connectivity index (χ3v) is 5.98. The summed E-state index contributed by atoms with van der Waals surface area (Å²) < 4.78 is 28.7. The van der Waals surface area contributed by atoms with E-state index in [9.17, 15) is 13.2 Å². The molecule has 0 amide bonds. The maximum Gasteiger partial charge on any atom is 0.306 e. The molecule has 6 nitrogen and oxygen atoms in total. The van der Waals surface area contributed by atoms with E-state index < -0.39 is 16.2 Å². The van der Waals surface area contributed by atoms with Crippen molar-refractivity contribution in [1.29, 1.82) is 0 Å². The van der Waals surface area contributed by atoms with Gasteiger partial charge in [0.1, 0.15) is 0 Å². The van der Waals surface area contributed by atoms with Crippen molar-refractivity contribution >= 4 is 16.2 Å². The summed E-state index contributed by atoms with van der Waals surface area (Å²) >= 11 is 0. The molecule has 1 saturated heterocycles. The van der Waals surface area contributed by atoms with Gasteiger partial charge < -0.3 is 5.11 Å². The molecular formula is C12H22N2O4S. The van der Waals surface area contributed by atoms with E-state index in [1.165, 1.54) is 4.31 Å². The molecule has 0 aromatic rings. The van der Waals surface area contributed by atoms with Gasteiger partial charge in [-0.3, -0.25) is 4.79 Å². The van der Waals surface area contributed by atoms with E-state index in [-0.39, 0.29) is 18.0 Å². The molecule has 19 heavy (non-hydrogen) atoms. The van der Waals surface area contributed by atoms with Gasteiger partial charge in [0, 0.05) is 18.6 Å². The lowest BCUT2D eigenvalue weighted by Crippen LogP contribution is -2.47. The van der Waals surface area contributed by atoms with Gasteiger partial charge in [0.15, 0.2) is 0 Å². The fourth-order valence-electron chi connectivity index (χ4n) is 3.00. The summed E-state index contributed by atoms with van der Waals surface area (Å²) in [6.07, 6.45) is 4.15. The van der Waals surface area contributed by atoms with Crippen molar-refractivity contribution in [2.75, 3.05) is 6.54 Å². The van der Waals surface area contributed by atoms with Crippen LogP contribution in [0.25, 0.3) is 0 Å². The molecule has 1 atom stereocenters. The number of hydrogen-bond acceptors (Lipinski definition) is 3. The number of aliphatic carboxylic acids is 1. The number of rotatable bonds is 4. The minimum absolute atomic E-state index is 0.0628. The number of carboxylic acids is 1. The average molecular weight is 290 g/mol. The van der Waals surface area contributed by atoms with Crippen LogP contribution >= 0.6 is 0 Å². The van der Waals surface area contributed by atoms with Crippen molar-refractivity contribution in [2.45, 2.75) is 57.5 Å². The van der Waals surface area contributed by atoms with Crippen LogP contribution in [0, 0.1) is 5.92 Å². The molecule has 0 aromatic carbocycles. The summed E-state index contributed by atoms with van der Waals surface area (Å²) in [6.45, 7) is 2.51. The van der Waals surface area contributed by atoms with E-state index in [0.29, 0.717) is 32.2 Å². The Morgan fingerprint density at radius 1 is 1.21 bits per heavy atom. The van der Waals surface area contributed by atoms with Gasteiger partial charge in [-0.25, -0.2) is 0 Å². The lowest BCUT2D eigenvalue weighted by molar-refractivity contribution is -0.142. The normalized spacial score (nSPS) is 33.4. The Morgan fingerprint density at radius 3 is 2.32 bits per heavy atom. The van der Waals surface area contributed by atoms with Crippen LogP contribution in [0.2, 0.25) is 0 Å². The van der Waals surface area contributed by atoms with Gasteiger partial charge in [-0.05, 0) is 45.4 Å². The van der Waals surface area contributed by atoms with Gasteiger partial charge in [-0.15, -0.1) is 0 Å². The number of carboxylic acid groups (broad SMARTS) is 1. The van der Waals surface area contributed by atoms with Gasteiger partial charge in [0.25, 0.3) is 10.2 Å². The first-order valence-electron chi connectivity index (χ1n) is 6.92. The van der Waals surface area contributed by atoms with Crippen molar-refractivity contribution < 1.29 is 18.3 Å². The summed E-state index contributed by atoms with van der Waals surface area (Å²) in [6, 6.07) is -0.0544. The third kappa shape index (κ3) is 3.46. The van der Waals surface area contributed by atoms with Crippen LogP contribution in [-0.2, 0) is 15.0 Å². The largest absolute Gasteiger partial charge is 0.481 e. The van der Waals surface area contributed by atoms with Gasteiger partial charge >= 0.3 is 5.97 Å². The highest BCUT2D eigenvalue weighted by molar-refractivity contribution is 7.87.